The molecular formula is C25H19Br2N3O6. The molecule has 184 valence electrons. The van der Waals surface area contributed by atoms with E-state index < -0.39 is 10.8 Å². The van der Waals surface area contributed by atoms with Gasteiger partial charge < -0.3 is 13.9 Å². The molecule has 0 spiro atoms. The number of non-ortho nitro benzene ring substituents is 1. The Balaban J connectivity index is 1.46. The van der Waals surface area contributed by atoms with Crippen molar-refractivity contribution in [2.24, 2.45) is 5.10 Å². The zero-order valence-corrected chi connectivity index (χ0v) is 22.0. The number of furan rings is 1. The number of nitro groups is 1. The fourth-order valence-electron chi connectivity index (χ4n) is 3.24. The quantitative estimate of drug-likeness (QED) is 0.129. The van der Waals surface area contributed by atoms with Gasteiger partial charge in [0, 0.05) is 32.0 Å². The second-order valence-electron chi connectivity index (χ2n) is 7.46. The van der Waals surface area contributed by atoms with Crippen molar-refractivity contribution >= 4 is 60.6 Å². The van der Waals surface area contributed by atoms with E-state index in [1.165, 1.54) is 30.5 Å². The first kappa shape index (κ1) is 25.4. The fraction of sp³-hybridized carbons (Fsp3) is 0.120. The van der Waals surface area contributed by atoms with Crippen molar-refractivity contribution in [3.05, 3.63) is 96.6 Å². The number of nitrogens with one attached hydrogen (secondary N) is 1. The number of amides is 1. The Morgan fingerprint density at radius 1 is 1.08 bits per heavy atom. The van der Waals surface area contributed by atoms with E-state index >= 15 is 0 Å². The van der Waals surface area contributed by atoms with Crippen molar-refractivity contribution in [2.45, 2.75) is 13.5 Å². The summed E-state index contributed by atoms with van der Waals surface area (Å²) >= 11 is 6.92. The lowest BCUT2D eigenvalue weighted by atomic mass is 10.2. The Labute approximate surface area is 222 Å². The van der Waals surface area contributed by atoms with Crippen molar-refractivity contribution in [3.8, 4) is 11.5 Å². The molecule has 0 aliphatic heterocycles. The van der Waals surface area contributed by atoms with Crippen LogP contribution in [0.3, 0.4) is 0 Å². The largest absolute Gasteiger partial charge is 0.490 e. The lowest BCUT2D eigenvalue weighted by molar-refractivity contribution is -0.384. The molecule has 0 atom stereocenters. The van der Waals surface area contributed by atoms with Gasteiger partial charge in [0.1, 0.15) is 12.2 Å². The van der Waals surface area contributed by atoms with Gasteiger partial charge in [0.25, 0.3) is 5.69 Å². The molecule has 0 radical (unpaired) electrons. The van der Waals surface area contributed by atoms with Gasteiger partial charge in [-0.25, -0.2) is 5.43 Å². The van der Waals surface area contributed by atoms with Crippen LogP contribution in [0.5, 0.6) is 11.5 Å². The second-order valence-corrected chi connectivity index (χ2v) is 9.23. The van der Waals surface area contributed by atoms with E-state index in [0.29, 0.717) is 45.7 Å². The molecule has 4 aromatic rings. The normalized spacial score (nSPS) is 11.1. The van der Waals surface area contributed by atoms with E-state index in [1.807, 2.05) is 31.2 Å². The summed E-state index contributed by atoms with van der Waals surface area (Å²) in [5.74, 6) is 0.475. The van der Waals surface area contributed by atoms with Gasteiger partial charge in [-0.3, -0.25) is 14.9 Å². The lowest BCUT2D eigenvalue weighted by Crippen LogP contribution is -2.16. The highest BCUT2D eigenvalue weighted by Crippen LogP contribution is 2.34. The predicted molar refractivity (Wildman–Crippen MR) is 142 cm³/mol. The van der Waals surface area contributed by atoms with Crippen molar-refractivity contribution in [1.82, 2.24) is 5.43 Å². The molecule has 1 amide bonds. The third-order valence-corrected chi connectivity index (χ3v) is 6.19. The monoisotopic (exact) mass is 615 g/mol. The number of carbonyl (C=O) groups excluding carboxylic acids is 1. The predicted octanol–water partition coefficient (Wildman–Crippen LogP) is 6.61. The van der Waals surface area contributed by atoms with Gasteiger partial charge >= 0.3 is 5.91 Å². The van der Waals surface area contributed by atoms with Gasteiger partial charge in [-0.2, -0.15) is 5.10 Å². The SMILES string of the molecule is CCOc1cc(/C=N\NC(=O)c2cc3cc([N+](=O)[O-])ccc3o2)c(Br)cc1OCc1ccc(Br)cc1. The minimum atomic E-state index is -0.597. The van der Waals surface area contributed by atoms with Crippen LogP contribution < -0.4 is 14.9 Å². The van der Waals surface area contributed by atoms with Gasteiger partial charge in [0.15, 0.2) is 17.3 Å². The number of rotatable bonds is 9. The van der Waals surface area contributed by atoms with Gasteiger partial charge in [0.05, 0.1) is 17.7 Å². The summed E-state index contributed by atoms with van der Waals surface area (Å²) in [6.45, 7) is 2.67. The maximum Gasteiger partial charge on any atom is 0.307 e. The van der Waals surface area contributed by atoms with Crippen LogP contribution in [-0.4, -0.2) is 23.7 Å². The van der Waals surface area contributed by atoms with E-state index in [2.05, 4.69) is 42.4 Å². The van der Waals surface area contributed by atoms with Crippen molar-refractivity contribution < 1.29 is 23.6 Å². The molecular weight excluding hydrogens is 598 g/mol. The molecule has 0 unspecified atom stereocenters. The van der Waals surface area contributed by atoms with Crippen LogP contribution in [0.25, 0.3) is 11.0 Å². The average Bonchev–Trinajstić information content (AvgIpc) is 3.29. The highest BCUT2D eigenvalue weighted by molar-refractivity contribution is 9.10. The zero-order valence-electron chi connectivity index (χ0n) is 18.9. The minimum absolute atomic E-state index is 0.0200. The molecule has 1 aromatic heterocycles. The number of carbonyl (C=O) groups is 1. The number of hydrazone groups is 1. The number of nitro benzene ring substituents is 1. The molecule has 9 nitrogen and oxygen atoms in total. The number of hydrogen-bond acceptors (Lipinski definition) is 7. The summed E-state index contributed by atoms with van der Waals surface area (Å²) in [5, 5.41) is 15.4. The van der Waals surface area contributed by atoms with E-state index in [4.69, 9.17) is 13.9 Å². The van der Waals surface area contributed by atoms with E-state index in [0.717, 1.165) is 10.0 Å². The Morgan fingerprint density at radius 2 is 1.83 bits per heavy atom. The zero-order chi connectivity index (χ0) is 25.7. The maximum atomic E-state index is 12.5. The Bertz CT molecular complexity index is 1450. The van der Waals surface area contributed by atoms with E-state index in [1.54, 1.807) is 12.1 Å². The van der Waals surface area contributed by atoms with Gasteiger partial charge in [-0.05, 0) is 64.8 Å². The van der Waals surface area contributed by atoms with Crippen LogP contribution in [0.15, 0.2) is 79.1 Å². The Morgan fingerprint density at radius 3 is 2.56 bits per heavy atom. The van der Waals surface area contributed by atoms with Crippen molar-refractivity contribution in [3.63, 3.8) is 0 Å². The summed E-state index contributed by atoms with van der Waals surface area (Å²) in [5.41, 5.74) is 4.32. The number of hydrogen-bond donors (Lipinski definition) is 1. The van der Waals surface area contributed by atoms with Gasteiger partial charge in [-0.15, -0.1) is 0 Å². The summed E-state index contributed by atoms with van der Waals surface area (Å²) in [6.07, 6.45) is 1.45. The first-order valence-electron chi connectivity index (χ1n) is 10.7. The third-order valence-electron chi connectivity index (χ3n) is 4.97. The molecule has 0 bridgehead atoms. The Hall–Kier alpha value is -3.70. The molecule has 4 rings (SSSR count). The Kier molecular flexibility index (Phi) is 8.01. The van der Waals surface area contributed by atoms with Crippen LogP contribution in [0.2, 0.25) is 0 Å². The summed E-state index contributed by atoms with van der Waals surface area (Å²) < 4.78 is 18.8. The highest BCUT2D eigenvalue weighted by atomic mass is 79.9. The minimum Gasteiger partial charge on any atom is -0.490 e. The van der Waals surface area contributed by atoms with Crippen molar-refractivity contribution in [2.75, 3.05) is 6.61 Å². The fourth-order valence-corrected chi connectivity index (χ4v) is 3.93. The smallest absolute Gasteiger partial charge is 0.307 e. The first-order chi connectivity index (χ1) is 17.3. The summed E-state index contributed by atoms with van der Waals surface area (Å²) in [6, 6.07) is 16.9. The first-order valence-corrected chi connectivity index (χ1v) is 12.3. The number of ether oxygens (including phenoxy) is 2. The molecule has 3 aromatic carbocycles. The van der Waals surface area contributed by atoms with Crippen LogP contribution in [-0.2, 0) is 6.61 Å². The lowest BCUT2D eigenvalue weighted by Gasteiger charge is -2.14. The summed E-state index contributed by atoms with van der Waals surface area (Å²) in [7, 11) is 0. The molecule has 0 saturated carbocycles. The van der Waals surface area contributed by atoms with Crippen LogP contribution in [0, 0.1) is 10.1 Å². The molecule has 0 fully saturated rings. The standard InChI is InChI=1S/C25H19Br2N3O6/c1-2-34-22-11-17(20(27)12-23(22)35-14-15-3-5-18(26)6-4-15)13-28-29-25(31)24-10-16-9-19(30(32)33)7-8-21(16)36-24/h3-13H,2,14H2,1H3,(H,29,31)/b28-13-. The second kappa shape index (κ2) is 11.4. The van der Waals surface area contributed by atoms with E-state index in [-0.39, 0.29) is 11.4 Å². The van der Waals surface area contributed by atoms with Gasteiger partial charge in [0.2, 0.25) is 0 Å². The van der Waals surface area contributed by atoms with Crippen LogP contribution >= 0.6 is 31.9 Å². The average molecular weight is 617 g/mol. The molecule has 1 N–H and O–H groups in total. The van der Waals surface area contributed by atoms with Crippen molar-refractivity contribution in [1.29, 1.82) is 0 Å². The van der Waals surface area contributed by atoms with Crippen LogP contribution in [0.1, 0.15) is 28.6 Å². The summed E-state index contributed by atoms with van der Waals surface area (Å²) in [4.78, 5) is 22.9. The highest BCUT2D eigenvalue weighted by Gasteiger charge is 2.15. The number of benzene rings is 3. The molecule has 0 aliphatic rings. The third kappa shape index (κ3) is 6.10. The molecule has 0 saturated heterocycles. The number of halogens is 2. The number of nitrogens with zero attached hydrogens (tertiary/aromatic N) is 2. The van der Waals surface area contributed by atoms with E-state index in [9.17, 15) is 14.9 Å². The molecule has 36 heavy (non-hydrogen) atoms. The van der Waals surface area contributed by atoms with Gasteiger partial charge in [-0.1, -0.05) is 28.1 Å². The molecule has 11 heteroatoms. The molecule has 0 aliphatic carbocycles. The van der Waals surface area contributed by atoms with Crippen LogP contribution in [0.4, 0.5) is 5.69 Å². The number of fused-ring (bicyclic) bond motifs is 1. The maximum absolute atomic E-state index is 12.5. The topological polar surface area (TPSA) is 116 Å². The molecule has 1 heterocycles.